The molecule has 0 aliphatic rings. The number of esters is 1. The number of benzene rings is 2. The highest BCUT2D eigenvalue weighted by molar-refractivity contribution is 7.16. The van der Waals surface area contributed by atoms with Crippen molar-refractivity contribution in [3.8, 4) is 0 Å². The van der Waals surface area contributed by atoms with Crippen LogP contribution >= 0.6 is 11.3 Å². The molecule has 0 aliphatic heterocycles. The van der Waals surface area contributed by atoms with Crippen molar-refractivity contribution in [2.45, 2.75) is 26.9 Å². The van der Waals surface area contributed by atoms with E-state index >= 15 is 0 Å². The van der Waals surface area contributed by atoms with E-state index < -0.39 is 5.97 Å². The number of amides is 1. The average Bonchev–Trinajstić information content (AvgIpc) is 3.16. The number of aryl methyl sites for hydroxylation is 1. The molecule has 3 aromatic rings. The molecule has 6 nitrogen and oxygen atoms in total. The number of hydrogen-bond acceptors (Lipinski definition) is 6. The Labute approximate surface area is 186 Å². The first-order valence-corrected chi connectivity index (χ1v) is 10.9. The minimum absolute atomic E-state index is 0.168. The van der Waals surface area contributed by atoms with E-state index in [1.165, 1.54) is 11.3 Å². The van der Waals surface area contributed by atoms with Gasteiger partial charge in [0.15, 0.2) is 10.8 Å². The summed E-state index contributed by atoms with van der Waals surface area (Å²) in [7, 11) is 1.62. The first-order chi connectivity index (χ1) is 15.0. The second-order valence-corrected chi connectivity index (χ2v) is 8.13. The molecule has 1 amide bonds. The van der Waals surface area contributed by atoms with E-state index in [-0.39, 0.29) is 18.2 Å². The Morgan fingerprint density at radius 2 is 1.81 bits per heavy atom. The van der Waals surface area contributed by atoms with Crippen molar-refractivity contribution in [1.29, 1.82) is 0 Å². The minimum atomic E-state index is -0.472. The smallest absolute Gasteiger partial charge is 0.358 e. The van der Waals surface area contributed by atoms with Crippen molar-refractivity contribution in [2.24, 2.45) is 0 Å². The van der Waals surface area contributed by atoms with Gasteiger partial charge in [0, 0.05) is 24.1 Å². The molecule has 0 saturated carbocycles. The van der Waals surface area contributed by atoms with Gasteiger partial charge in [0.2, 0.25) is 0 Å². The third kappa shape index (κ3) is 5.77. The molecule has 31 heavy (non-hydrogen) atoms. The molecule has 0 fully saturated rings. The maximum atomic E-state index is 13.5. The number of carbonyl (C=O) groups excluding carboxylic acids is 2. The number of aromatic nitrogens is 1. The van der Waals surface area contributed by atoms with Crippen LogP contribution in [0.2, 0.25) is 0 Å². The summed E-state index contributed by atoms with van der Waals surface area (Å²) in [6.07, 6.45) is 0.664. The normalized spacial score (nSPS) is 10.7. The second-order valence-electron chi connectivity index (χ2n) is 6.95. The monoisotopic (exact) mass is 438 g/mol. The number of methoxy groups -OCH3 is 1. The Morgan fingerprint density at radius 1 is 1.06 bits per heavy atom. The van der Waals surface area contributed by atoms with Gasteiger partial charge in [0.25, 0.3) is 5.91 Å². The lowest BCUT2D eigenvalue weighted by Crippen LogP contribution is -2.33. The van der Waals surface area contributed by atoms with Crippen LogP contribution in [0.15, 0.2) is 54.6 Å². The lowest BCUT2D eigenvalue weighted by atomic mass is 10.1. The fourth-order valence-corrected chi connectivity index (χ4v) is 4.09. The highest BCUT2D eigenvalue weighted by Gasteiger charge is 2.25. The topological polar surface area (TPSA) is 68.7 Å². The molecule has 0 aliphatic carbocycles. The Hall–Kier alpha value is -3.03. The summed E-state index contributed by atoms with van der Waals surface area (Å²) in [4.78, 5) is 32.5. The van der Waals surface area contributed by atoms with Crippen molar-refractivity contribution >= 4 is 28.3 Å². The van der Waals surface area contributed by atoms with Gasteiger partial charge in [-0.25, -0.2) is 9.78 Å². The average molecular weight is 439 g/mol. The maximum absolute atomic E-state index is 13.5. The summed E-state index contributed by atoms with van der Waals surface area (Å²) in [5.41, 5.74) is 2.84. The summed E-state index contributed by atoms with van der Waals surface area (Å²) in [5, 5.41) is 0.485. The molecule has 0 atom stereocenters. The fraction of sp³-hybridized carbons (Fsp3) is 0.292. The summed E-state index contributed by atoms with van der Waals surface area (Å²) in [6, 6.07) is 17.3. The maximum Gasteiger partial charge on any atom is 0.358 e. The van der Waals surface area contributed by atoms with Crippen LogP contribution in [-0.2, 0) is 22.5 Å². The molecule has 1 heterocycles. The number of anilines is 1. The number of rotatable bonds is 9. The van der Waals surface area contributed by atoms with E-state index in [9.17, 15) is 9.59 Å². The van der Waals surface area contributed by atoms with Gasteiger partial charge in [-0.05, 0) is 43.5 Å². The summed E-state index contributed by atoms with van der Waals surface area (Å²) >= 11 is 1.32. The molecule has 3 rings (SSSR count). The largest absolute Gasteiger partial charge is 0.461 e. The molecular formula is C24H26N2O4S. The van der Waals surface area contributed by atoms with E-state index in [1.807, 2.05) is 55.5 Å². The SMILES string of the molecule is CCOC(=O)c1nc(N(CCc2ccccc2)C(=O)c2cccc(COC)c2)sc1C. The van der Waals surface area contributed by atoms with Gasteiger partial charge in [-0.3, -0.25) is 9.69 Å². The number of carbonyl (C=O) groups is 2. The highest BCUT2D eigenvalue weighted by atomic mass is 32.1. The van der Waals surface area contributed by atoms with Crippen molar-refractivity contribution in [3.63, 3.8) is 0 Å². The molecule has 0 unspecified atom stereocenters. The van der Waals surface area contributed by atoms with Crippen molar-refractivity contribution in [1.82, 2.24) is 4.98 Å². The predicted octanol–water partition coefficient (Wildman–Crippen LogP) is 4.66. The zero-order valence-corrected chi connectivity index (χ0v) is 18.8. The zero-order chi connectivity index (χ0) is 22.2. The first-order valence-electron chi connectivity index (χ1n) is 10.1. The number of hydrogen-bond donors (Lipinski definition) is 0. The van der Waals surface area contributed by atoms with E-state index in [0.29, 0.717) is 30.3 Å². The summed E-state index contributed by atoms with van der Waals surface area (Å²) in [5.74, 6) is -0.641. The van der Waals surface area contributed by atoms with Crippen LogP contribution in [0.25, 0.3) is 0 Å². The fourth-order valence-electron chi connectivity index (χ4n) is 3.17. The first kappa shape index (κ1) is 22.7. The lowest BCUT2D eigenvalue weighted by molar-refractivity contribution is 0.0519. The van der Waals surface area contributed by atoms with Crippen LogP contribution in [0.1, 0.15) is 43.8 Å². The van der Waals surface area contributed by atoms with Gasteiger partial charge in [-0.2, -0.15) is 0 Å². The van der Waals surface area contributed by atoms with Crippen LogP contribution in [0.4, 0.5) is 5.13 Å². The quantitative estimate of drug-likeness (QED) is 0.454. The van der Waals surface area contributed by atoms with Gasteiger partial charge in [-0.15, -0.1) is 11.3 Å². The summed E-state index contributed by atoms with van der Waals surface area (Å²) < 4.78 is 10.3. The molecule has 0 N–H and O–H groups in total. The van der Waals surface area contributed by atoms with Crippen LogP contribution in [0.5, 0.6) is 0 Å². The second kappa shape index (κ2) is 10.8. The Balaban J connectivity index is 1.93. The van der Waals surface area contributed by atoms with Crippen molar-refractivity contribution in [3.05, 3.63) is 81.9 Å². The van der Waals surface area contributed by atoms with E-state index in [0.717, 1.165) is 16.0 Å². The van der Waals surface area contributed by atoms with Crippen LogP contribution in [0, 0.1) is 6.92 Å². The van der Waals surface area contributed by atoms with Crippen LogP contribution in [0.3, 0.4) is 0 Å². The van der Waals surface area contributed by atoms with Gasteiger partial charge < -0.3 is 9.47 Å². The van der Waals surface area contributed by atoms with E-state index in [4.69, 9.17) is 9.47 Å². The van der Waals surface area contributed by atoms with Gasteiger partial charge in [0.1, 0.15) is 0 Å². The molecular weight excluding hydrogens is 412 g/mol. The van der Waals surface area contributed by atoms with E-state index in [2.05, 4.69) is 4.98 Å². The molecule has 7 heteroatoms. The molecule has 0 spiro atoms. The van der Waals surface area contributed by atoms with Crippen molar-refractivity contribution < 1.29 is 19.1 Å². The Bertz CT molecular complexity index is 1030. The van der Waals surface area contributed by atoms with Crippen molar-refractivity contribution in [2.75, 3.05) is 25.2 Å². The standard InChI is InChI=1S/C24H26N2O4S/c1-4-30-23(28)21-17(2)31-24(25-21)26(14-13-18-9-6-5-7-10-18)22(27)20-12-8-11-19(15-20)16-29-3/h5-12,15H,4,13-14,16H2,1-3H3. The Kier molecular flexibility index (Phi) is 7.92. The number of nitrogens with zero attached hydrogens (tertiary/aromatic N) is 2. The highest BCUT2D eigenvalue weighted by Crippen LogP contribution is 2.28. The van der Waals surface area contributed by atoms with Gasteiger partial charge in [-0.1, -0.05) is 42.5 Å². The van der Waals surface area contributed by atoms with E-state index in [1.54, 1.807) is 25.0 Å². The third-order valence-corrected chi connectivity index (χ3v) is 5.68. The molecule has 0 radical (unpaired) electrons. The molecule has 1 aromatic heterocycles. The third-order valence-electron chi connectivity index (χ3n) is 4.68. The minimum Gasteiger partial charge on any atom is -0.461 e. The van der Waals surface area contributed by atoms with Gasteiger partial charge >= 0.3 is 5.97 Å². The van der Waals surface area contributed by atoms with Gasteiger partial charge in [0.05, 0.1) is 13.2 Å². The zero-order valence-electron chi connectivity index (χ0n) is 18.0. The van der Waals surface area contributed by atoms with Crippen LogP contribution in [-0.4, -0.2) is 37.1 Å². The van der Waals surface area contributed by atoms with Crippen LogP contribution < -0.4 is 4.90 Å². The predicted molar refractivity (Wildman–Crippen MR) is 122 cm³/mol. The molecule has 0 bridgehead atoms. The summed E-state index contributed by atoms with van der Waals surface area (Å²) in [6.45, 7) is 4.70. The molecule has 2 aromatic carbocycles. The molecule has 0 saturated heterocycles. The number of thiazole rings is 1. The Morgan fingerprint density at radius 3 is 2.52 bits per heavy atom. The molecule has 162 valence electrons. The lowest BCUT2D eigenvalue weighted by Gasteiger charge is -2.20. The number of ether oxygens (including phenoxy) is 2.